The Morgan fingerprint density at radius 1 is 1.23 bits per heavy atom. The summed E-state index contributed by atoms with van der Waals surface area (Å²) in [5, 5.41) is 11.5. The summed E-state index contributed by atoms with van der Waals surface area (Å²) < 4.78 is 22.3. The van der Waals surface area contributed by atoms with Gasteiger partial charge in [0.1, 0.15) is 13.4 Å². The standard InChI is InChI=1S/C22H24BClFN5O5/c1-30-12-26-21-17(30)11-14(20(19(21)25)27-16-6-5-13(23)10-15(16)24)22(32)29-35-9-8-34-7-3-2-4-18(31)28-33/h5-6,10-12,27,33H,2-4,7-9H2,1H3,(H,28,31)(H,29,32). The lowest BCUT2D eigenvalue weighted by molar-refractivity contribution is -0.129. The molecular weight excluding hydrogens is 480 g/mol. The highest BCUT2D eigenvalue weighted by atomic mass is 35.5. The molecule has 2 aromatic carbocycles. The maximum absolute atomic E-state index is 15.4. The van der Waals surface area contributed by atoms with E-state index in [0.717, 1.165) is 0 Å². The van der Waals surface area contributed by atoms with Gasteiger partial charge in [-0.1, -0.05) is 23.1 Å². The lowest BCUT2D eigenvalue weighted by Gasteiger charge is -2.15. The number of carbonyl (C=O) groups is 2. The molecule has 2 amide bonds. The maximum Gasteiger partial charge on any atom is 0.277 e. The zero-order valence-corrected chi connectivity index (χ0v) is 19.7. The number of nitrogens with zero attached hydrogens (tertiary/aromatic N) is 2. The number of imidazole rings is 1. The minimum absolute atomic E-state index is 0.0189. The molecule has 184 valence electrons. The molecule has 0 unspecified atom stereocenters. The first-order valence-corrected chi connectivity index (χ1v) is 11.1. The van der Waals surface area contributed by atoms with E-state index < -0.39 is 17.6 Å². The highest BCUT2D eigenvalue weighted by Gasteiger charge is 2.22. The highest BCUT2D eigenvalue weighted by molar-refractivity contribution is 6.37. The van der Waals surface area contributed by atoms with Crippen LogP contribution < -0.4 is 21.7 Å². The van der Waals surface area contributed by atoms with Crippen LogP contribution in [0, 0.1) is 5.82 Å². The van der Waals surface area contributed by atoms with E-state index in [1.54, 1.807) is 29.2 Å². The second kappa shape index (κ2) is 12.5. The van der Waals surface area contributed by atoms with Crippen LogP contribution in [0.5, 0.6) is 0 Å². The SMILES string of the molecule is [B]c1ccc(Nc2c(C(=O)NOCCOCCCCC(=O)NO)cc3c(ncn3C)c2F)c(Cl)c1. The Morgan fingerprint density at radius 3 is 2.77 bits per heavy atom. The number of ether oxygens (including phenoxy) is 1. The van der Waals surface area contributed by atoms with Gasteiger partial charge in [-0.2, -0.15) is 0 Å². The van der Waals surface area contributed by atoms with Crippen LogP contribution in [0.4, 0.5) is 15.8 Å². The van der Waals surface area contributed by atoms with Gasteiger partial charge in [0.05, 0.1) is 47.0 Å². The number of benzene rings is 2. The topological polar surface area (TPSA) is 127 Å². The zero-order valence-electron chi connectivity index (χ0n) is 18.9. The summed E-state index contributed by atoms with van der Waals surface area (Å²) in [7, 11) is 7.41. The zero-order chi connectivity index (χ0) is 25.4. The van der Waals surface area contributed by atoms with E-state index in [1.165, 1.54) is 18.5 Å². The van der Waals surface area contributed by atoms with Crippen LogP contribution in [0.25, 0.3) is 11.0 Å². The molecule has 0 bridgehead atoms. The van der Waals surface area contributed by atoms with E-state index in [2.05, 4.69) is 15.8 Å². The predicted octanol–water partition coefficient (Wildman–Crippen LogP) is 2.26. The highest BCUT2D eigenvalue weighted by Crippen LogP contribution is 2.32. The van der Waals surface area contributed by atoms with Crippen molar-refractivity contribution in [3.05, 3.63) is 47.0 Å². The summed E-state index contributed by atoms with van der Waals surface area (Å²) in [6, 6.07) is 6.17. The number of hydroxylamine groups is 2. The summed E-state index contributed by atoms with van der Waals surface area (Å²) in [4.78, 5) is 33.0. The predicted molar refractivity (Wildman–Crippen MR) is 129 cm³/mol. The molecular formula is C22H24BClFN5O5. The molecule has 3 rings (SSSR count). The minimum Gasteiger partial charge on any atom is -0.379 e. The number of carbonyl (C=O) groups excluding carboxylic acids is 2. The molecule has 0 aliphatic rings. The number of amides is 2. The number of anilines is 2. The first kappa shape index (κ1) is 26.4. The number of hydrogen-bond acceptors (Lipinski definition) is 7. The molecule has 10 nitrogen and oxygen atoms in total. The van der Waals surface area contributed by atoms with Gasteiger partial charge in [-0.3, -0.25) is 19.6 Å². The molecule has 13 heteroatoms. The molecule has 35 heavy (non-hydrogen) atoms. The average molecular weight is 504 g/mol. The van der Waals surface area contributed by atoms with E-state index in [-0.39, 0.29) is 41.4 Å². The summed E-state index contributed by atoms with van der Waals surface area (Å²) in [5.74, 6) is -1.86. The molecule has 1 heterocycles. The van der Waals surface area contributed by atoms with Crippen LogP contribution in [0.2, 0.25) is 5.02 Å². The van der Waals surface area contributed by atoms with Crippen molar-refractivity contribution >= 4 is 59.1 Å². The lowest BCUT2D eigenvalue weighted by Crippen LogP contribution is -2.26. The van der Waals surface area contributed by atoms with Crippen molar-refractivity contribution in [1.82, 2.24) is 20.5 Å². The van der Waals surface area contributed by atoms with Gasteiger partial charge in [0.2, 0.25) is 5.91 Å². The number of aromatic nitrogens is 2. The Bertz CT molecular complexity index is 1210. The first-order valence-electron chi connectivity index (χ1n) is 10.7. The molecule has 0 atom stereocenters. The van der Waals surface area contributed by atoms with Crippen molar-refractivity contribution in [2.75, 3.05) is 25.1 Å². The Labute approximate surface area is 207 Å². The van der Waals surface area contributed by atoms with E-state index in [4.69, 9.17) is 34.2 Å². The second-order valence-corrected chi connectivity index (χ2v) is 7.99. The number of unbranched alkanes of at least 4 members (excludes halogenated alkanes) is 1. The van der Waals surface area contributed by atoms with E-state index in [1.807, 2.05) is 0 Å². The first-order chi connectivity index (χ1) is 16.8. The number of aryl methyl sites for hydroxylation is 1. The Hall–Kier alpha value is -3.19. The van der Waals surface area contributed by atoms with Gasteiger partial charge >= 0.3 is 0 Å². The molecule has 2 radical (unpaired) electrons. The number of hydrogen-bond donors (Lipinski definition) is 4. The summed E-state index contributed by atoms with van der Waals surface area (Å²) in [5.41, 5.74) is 5.01. The molecule has 0 saturated heterocycles. The van der Waals surface area contributed by atoms with Gasteiger partial charge in [0.25, 0.3) is 5.91 Å². The van der Waals surface area contributed by atoms with Crippen molar-refractivity contribution in [3.8, 4) is 0 Å². The van der Waals surface area contributed by atoms with Gasteiger partial charge < -0.3 is 14.6 Å². The molecule has 0 aliphatic heterocycles. The van der Waals surface area contributed by atoms with Gasteiger partial charge in [-0.05, 0) is 31.0 Å². The van der Waals surface area contributed by atoms with Crippen LogP contribution >= 0.6 is 11.6 Å². The fourth-order valence-corrected chi connectivity index (χ4v) is 3.45. The second-order valence-electron chi connectivity index (χ2n) is 7.58. The van der Waals surface area contributed by atoms with Crippen molar-refractivity contribution < 1.29 is 28.8 Å². The van der Waals surface area contributed by atoms with E-state index >= 15 is 4.39 Å². The smallest absolute Gasteiger partial charge is 0.277 e. The lowest BCUT2D eigenvalue weighted by atomic mass is 9.96. The molecule has 1 aromatic heterocycles. The third kappa shape index (κ3) is 6.92. The largest absolute Gasteiger partial charge is 0.379 e. The monoisotopic (exact) mass is 503 g/mol. The van der Waals surface area contributed by atoms with Crippen LogP contribution in [0.15, 0.2) is 30.6 Å². The van der Waals surface area contributed by atoms with E-state index in [9.17, 15) is 9.59 Å². The number of halogens is 2. The molecule has 0 saturated carbocycles. The third-order valence-corrected chi connectivity index (χ3v) is 5.33. The van der Waals surface area contributed by atoms with Crippen molar-refractivity contribution in [1.29, 1.82) is 0 Å². The number of rotatable bonds is 12. The Balaban J connectivity index is 1.63. The number of nitrogens with one attached hydrogen (secondary N) is 3. The van der Waals surface area contributed by atoms with E-state index in [0.29, 0.717) is 36.1 Å². The van der Waals surface area contributed by atoms with Gasteiger partial charge in [-0.15, -0.1) is 0 Å². The molecule has 3 aromatic rings. The van der Waals surface area contributed by atoms with Crippen LogP contribution in [0.1, 0.15) is 29.6 Å². The summed E-state index contributed by atoms with van der Waals surface area (Å²) in [6.45, 7) is 0.619. The van der Waals surface area contributed by atoms with Crippen molar-refractivity contribution in [2.45, 2.75) is 19.3 Å². The Morgan fingerprint density at radius 2 is 2.03 bits per heavy atom. The van der Waals surface area contributed by atoms with Gasteiger partial charge in [0, 0.05) is 20.1 Å². The Kier molecular flexibility index (Phi) is 9.43. The van der Waals surface area contributed by atoms with Crippen LogP contribution in [-0.2, 0) is 21.4 Å². The van der Waals surface area contributed by atoms with Gasteiger partial charge in [0.15, 0.2) is 5.82 Å². The fraction of sp³-hybridized carbons (Fsp3) is 0.318. The van der Waals surface area contributed by atoms with Gasteiger partial charge in [-0.25, -0.2) is 20.3 Å². The van der Waals surface area contributed by atoms with Crippen LogP contribution in [0.3, 0.4) is 0 Å². The maximum atomic E-state index is 15.4. The van der Waals surface area contributed by atoms with Crippen LogP contribution in [-0.4, -0.2) is 54.2 Å². The summed E-state index contributed by atoms with van der Waals surface area (Å²) >= 11 is 6.22. The number of fused-ring (bicyclic) bond motifs is 1. The molecule has 0 aliphatic carbocycles. The molecule has 4 N–H and O–H groups in total. The quantitative estimate of drug-likeness (QED) is 0.129. The fourth-order valence-electron chi connectivity index (χ4n) is 3.21. The van der Waals surface area contributed by atoms with Crippen molar-refractivity contribution in [2.24, 2.45) is 7.05 Å². The normalized spacial score (nSPS) is 11.0. The van der Waals surface area contributed by atoms with Crippen molar-refractivity contribution in [3.63, 3.8) is 0 Å². The minimum atomic E-state index is -0.723. The average Bonchev–Trinajstić information content (AvgIpc) is 3.21. The molecule has 0 spiro atoms. The molecule has 0 fully saturated rings. The third-order valence-electron chi connectivity index (χ3n) is 5.02. The summed E-state index contributed by atoms with van der Waals surface area (Å²) in [6.07, 6.45) is 2.81.